The molecular weight excluding hydrogens is 612 g/mol. The van der Waals surface area contributed by atoms with Crippen molar-refractivity contribution in [2.75, 3.05) is 44.7 Å². The molecule has 9 nitrogen and oxygen atoms in total. The summed E-state index contributed by atoms with van der Waals surface area (Å²) in [6.45, 7) is 4.86. The third-order valence-electron chi connectivity index (χ3n) is 10.5. The molecule has 2 heterocycles. The summed E-state index contributed by atoms with van der Waals surface area (Å²) in [7, 11) is 1.39. The van der Waals surface area contributed by atoms with E-state index in [1.54, 1.807) is 12.1 Å². The lowest BCUT2D eigenvalue weighted by Gasteiger charge is -2.48. The molecule has 47 heavy (non-hydrogen) atoms. The lowest BCUT2D eigenvalue weighted by molar-refractivity contribution is 0.0696. The van der Waals surface area contributed by atoms with E-state index in [0.717, 1.165) is 76.1 Å². The maximum Gasteiger partial charge on any atom is 0.407 e. The van der Waals surface area contributed by atoms with Gasteiger partial charge in [-0.25, -0.2) is 9.59 Å². The number of aromatic carboxylic acids is 1. The SMILES string of the molecule is COC(=O)N[C@@H]1CCC[C@H]1C(C#N)(c1ccccc1)C1CCN(CC2CN(c3ccc([S+]([O-])c4ccc(C(=O)O)cc4)cc3)C2)CC1. The lowest BCUT2D eigenvalue weighted by atomic mass is 9.59. The zero-order chi connectivity index (χ0) is 33.0. The number of alkyl carbamates (subject to hydrolysis) is 1. The molecule has 2 saturated heterocycles. The lowest BCUT2D eigenvalue weighted by Crippen LogP contribution is -2.55. The first-order chi connectivity index (χ1) is 22.8. The second-order valence-corrected chi connectivity index (χ2v) is 14.5. The molecule has 246 valence electrons. The third-order valence-corrected chi connectivity index (χ3v) is 11.9. The van der Waals surface area contributed by atoms with E-state index < -0.39 is 28.7 Å². The standard InChI is InChI=1S/C37H42N4O5S/c1-46-36(44)39-34-9-5-8-33(34)37(25-38,28-6-3-2-4-7-28)29-18-20-40(21-19-29)22-26-23-41(24-26)30-12-16-32(17-13-30)47(45)31-14-10-27(11-15-31)35(42)43/h2-4,6-7,10-17,26,29,33-34H,5,8-9,18-24H2,1H3,(H,39,44)(H,42,43)/t33-,34-,37?,47?/m1/s1. The molecule has 3 aromatic rings. The van der Waals surface area contributed by atoms with E-state index in [-0.39, 0.29) is 23.4 Å². The molecule has 0 bridgehead atoms. The Hall–Kier alpha value is -4.04. The number of carbonyl (C=O) groups is 2. The number of carboxylic acid groups (broad SMARTS) is 1. The number of benzene rings is 3. The molecule has 3 fully saturated rings. The van der Waals surface area contributed by atoms with Crippen molar-refractivity contribution in [1.29, 1.82) is 5.26 Å². The first-order valence-corrected chi connectivity index (χ1v) is 17.6. The molecule has 1 saturated carbocycles. The number of ether oxygens (including phenoxy) is 1. The van der Waals surface area contributed by atoms with Crippen LogP contribution < -0.4 is 10.2 Å². The number of nitriles is 1. The van der Waals surface area contributed by atoms with Crippen molar-refractivity contribution in [3.8, 4) is 6.07 Å². The summed E-state index contributed by atoms with van der Waals surface area (Å²) in [4.78, 5) is 29.5. The Morgan fingerprint density at radius 1 is 0.979 bits per heavy atom. The topological polar surface area (TPSA) is 129 Å². The highest BCUT2D eigenvalue weighted by atomic mass is 32.2. The predicted octanol–water partition coefficient (Wildman–Crippen LogP) is 5.69. The smallest absolute Gasteiger partial charge is 0.407 e. The fourth-order valence-electron chi connectivity index (χ4n) is 8.06. The van der Waals surface area contributed by atoms with Crippen molar-refractivity contribution >= 4 is 28.9 Å². The van der Waals surface area contributed by atoms with E-state index in [4.69, 9.17) is 9.84 Å². The monoisotopic (exact) mass is 654 g/mol. The van der Waals surface area contributed by atoms with Gasteiger partial charge < -0.3 is 29.5 Å². The number of hydrogen-bond donors (Lipinski definition) is 2. The molecule has 0 spiro atoms. The number of methoxy groups -OCH3 is 1. The van der Waals surface area contributed by atoms with Crippen LogP contribution in [0.1, 0.15) is 48.0 Å². The van der Waals surface area contributed by atoms with Crippen molar-refractivity contribution in [2.45, 2.75) is 53.4 Å². The number of rotatable bonds is 10. The second-order valence-electron chi connectivity index (χ2n) is 13.1. The normalized spacial score (nSPS) is 22.4. The Balaban J connectivity index is 1.04. The van der Waals surface area contributed by atoms with Crippen LogP contribution in [0.3, 0.4) is 0 Å². The molecule has 1 amide bonds. The van der Waals surface area contributed by atoms with Crippen molar-refractivity contribution in [2.24, 2.45) is 17.8 Å². The van der Waals surface area contributed by atoms with E-state index in [1.165, 1.54) is 19.2 Å². The van der Waals surface area contributed by atoms with Crippen LogP contribution in [0.15, 0.2) is 88.7 Å². The molecule has 2 aliphatic heterocycles. The predicted molar refractivity (Wildman–Crippen MR) is 180 cm³/mol. The van der Waals surface area contributed by atoms with E-state index in [2.05, 4.69) is 33.3 Å². The molecule has 4 atom stereocenters. The largest absolute Gasteiger partial charge is 0.606 e. The van der Waals surface area contributed by atoms with Gasteiger partial charge in [-0.3, -0.25) is 0 Å². The fourth-order valence-corrected chi connectivity index (χ4v) is 9.10. The number of likely N-dealkylation sites (tertiary alicyclic amines) is 1. The Bertz CT molecular complexity index is 1570. The van der Waals surface area contributed by atoms with Crippen LogP contribution in [0.2, 0.25) is 0 Å². The highest BCUT2D eigenvalue weighted by Gasteiger charge is 2.52. The molecule has 3 aromatic carbocycles. The molecule has 3 aliphatic rings. The van der Waals surface area contributed by atoms with Gasteiger partial charge in [-0.1, -0.05) is 36.8 Å². The zero-order valence-electron chi connectivity index (χ0n) is 26.7. The van der Waals surface area contributed by atoms with Crippen LogP contribution in [0.5, 0.6) is 0 Å². The highest BCUT2D eigenvalue weighted by Crippen LogP contribution is 2.50. The van der Waals surface area contributed by atoms with Crippen LogP contribution >= 0.6 is 0 Å². The van der Waals surface area contributed by atoms with Crippen molar-refractivity contribution in [3.63, 3.8) is 0 Å². The molecular formula is C37H42N4O5S. The minimum absolute atomic E-state index is 0.0343. The first kappa shape index (κ1) is 32.9. The molecule has 10 heteroatoms. The zero-order valence-corrected chi connectivity index (χ0v) is 27.5. The van der Waals surface area contributed by atoms with Gasteiger partial charge in [0.1, 0.15) is 0 Å². The summed E-state index contributed by atoms with van der Waals surface area (Å²) in [6.07, 6.45) is 4.20. The Labute approximate surface area is 279 Å². The van der Waals surface area contributed by atoms with Crippen LogP contribution in [0, 0.1) is 29.1 Å². The number of nitrogens with zero attached hydrogens (tertiary/aromatic N) is 3. The second kappa shape index (κ2) is 14.4. The maximum atomic E-state index is 13.0. The van der Waals surface area contributed by atoms with E-state index in [9.17, 15) is 19.4 Å². The molecule has 2 unspecified atom stereocenters. The van der Waals surface area contributed by atoms with Crippen LogP contribution in [-0.4, -0.2) is 72.5 Å². The summed E-state index contributed by atoms with van der Waals surface area (Å²) < 4.78 is 17.9. The van der Waals surface area contributed by atoms with Gasteiger partial charge in [0, 0.05) is 54.4 Å². The summed E-state index contributed by atoms with van der Waals surface area (Å²) in [5.41, 5.74) is 1.67. The molecule has 1 aliphatic carbocycles. The van der Waals surface area contributed by atoms with E-state index in [1.807, 2.05) is 42.5 Å². The van der Waals surface area contributed by atoms with E-state index in [0.29, 0.717) is 15.7 Å². The number of hydrogen-bond acceptors (Lipinski definition) is 7. The highest BCUT2D eigenvalue weighted by molar-refractivity contribution is 7.91. The number of carbonyl (C=O) groups excluding carboxylic acids is 1. The van der Waals surface area contributed by atoms with Gasteiger partial charge in [0.05, 0.1) is 24.2 Å². The van der Waals surface area contributed by atoms with Gasteiger partial charge in [0.2, 0.25) is 0 Å². The van der Waals surface area contributed by atoms with Crippen LogP contribution in [0.4, 0.5) is 10.5 Å². The minimum atomic E-state index is -1.38. The van der Waals surface area contributed by atoms with Crippen molar-refractivity contribution in [3.05, 3.63) is 90.0 Å². The van der Waals surface area contributed by atoms with Gasteiger partial charge in [-0.15, -0.1) is 0 Å². The minimum Gasteiger partial charge on any atom is -0.606 e. The third kappa shape index (κ3) is 6.84. The molecule has 2 N–H and O–H groups in total. The van der Waals surface area contributed by atoms with Crippen molar-refractivity contribution < 1.29 is 24.0 Å². The fraction of sp³-hybridized carbons (Fsp3) is 0.432. The summed E-state index contributed by atoms with van der Waals surface area (Å²) in [5.74, 6) is -0.205. The van der Waals surface area contributed by atoms with Gasteiger partial charge in [-0.05, 0) is 98.8 Å². The van der Waals surface area contributed by atoms with Gasteiger partial charge >= 0.3 is 12.1 Å². The summed E-state index contributed by atoms with van der Waals surface area (Å²) >= 11 is -1.38. The molecule has 0 radical (unpaired) electrons. The number of piperidine rings is 1. The van der Waals surface area contributed by atoms with Gasteiger partial charge in [0.25, 0.3) is 0 Å². The number of carboxylic acids is 1. The summed E-state index contributed by atoms with van der Waals surface area (Å²) in [6, 6.07) is 26.9. The number of amides is 1. The summed E-state index contributed by atoms with van der Waals surface area (Å²) in [5, 5.41) is 23.1. The Kier molecular flexibility index (Phi) is 10.1. The Morgan fingerprint density at radius 3 is 2.21 bits per heavy atom. The molecule has 6 rings (SSSR count). The average Bonchev–Trinajstić information content (AvgIpc) is 3.55. The van der Waals surface area contributed by atoms with Crippen molar-refractivity contribution in [1.82, 2.24) is 10.2 Å². The number of nitrogens with one attached hydrogen (secondary N) is 1. The molecule has 0 aromatic heterocycles. The van der Waals surface area contributed by atoms with Gasteiger partial charge in [-0.2, -0.15) is 5.26 Å². The quantitative estimate of drug-likeness (QED) is 0.267. The Morgan fingerprint density at radius 2 is 1.62 bits per heavy atom. The van der Waals surface area contributed by atoms with Crippen LogP contribution in [-0.2, 0) is 21.3 Å². The van der Waals surface area contributed by atoms with Crippen LogP contribution in [0.25, 0.3) is 0 Å². The van der Waals surface area contributed by atoms with E-state index >= 15 is 0 Å². The number of anilines is 1. The average molecular weight is 655 g/mol. The van der Waals surface area contributed by atoms with Gasteiger partial charge in [0.15, 0.2) is 9.79 Å². The maximum absolute atomic E-state index is 13.0. The first-order valence-electron chi connectivity index (χ1n) is 16.5.